The van der Waals surface area contributed by atoms with E-state index >= 15 is 0 Å². The summed E-state index contributed by atoms with van der Waals surface area (Å²) in [4.78, 5) is 8.73. The van der Waals surface area contributed by atoms with Gasteiger partial charge in [-0.1, -0.05) is 26.0 Å². The number of nitriles is 1. The lowest BCUT2D eigenvalue weighted by molar-refractivity contribution is -0.0116. The number of thiazole rings is 1. The van der Waals surface area contributed by atoms with Crippen LogP contribution in [0.25, 0.3) is 11.3 Å². The van der Waals surface area contributed by atoms with Crippen LogP contribution in [0.15, 0.2) is 48.1 Å². The molecule has 0 radical (unpaired) electrons. The summed E-state index contributed by atoms with van der Waals surface area (Å²) in [6.45, 7) is 3.25. The third-order valence-electron chi connectivity index (χ3n) is 5.70. The summed E-state index contributed by atoms with van der Waals surface area (Å²) < 4.78 is 44.0. The molecule has 34 heavy (non-hydrogen) atoms. The second-order valence-corrected chi connectivity index (χ2v) is 8.75. The molecule has 2 atom stereocenters. The maximum absolute atomic E-state index is 14.9. The minimum atomic E-state index is -2.02. The zero-order valence-corrected chi connectivity index (χ0v) is 19.2. The number of rotatable bonds is 7. The van der Waals surface area contributed by atoms with Crippen molar-refractivity contribution < 1.29 is 18.3 Å². The Balaban J connectivity index is 1.76. The number of benzene rings is 2. The number of halogens is 3. The Morgan fingerprint density at radius 2 is 1.85 bits per heavy atom. The maximum Gasteiger partial charge on any atom is 0.161 e. The quantitative estimate of drug-likeness (QED) is 0.376. The van der Waals surface area contributed by atoms with Gasteiger partial charge in [0, 0.05) is 34.9 Å². The molecule has 4 aromatic rings. The first-order valence-corrected chi connectivity index (χ1v) is 11.3. The SMILES string of the molecule is CCc1ncn(C[C@](O)(c2cc(F)c(F)cc2F)[C@@H](C)c2nc(-c3ccc(C#N)cc3)cs2)n1. The molecule has 1 N–H and O–H groups in total. The highest BCUT2D eigenvalue weighted by Crippen LogP contribution is 2.42. The minimum Gasteiger partial charge on any atom is -0.382 e. The number of aryl methyl sites for hydroxylation is 1. The van der Waals surface area contributed by atoms with Gasteiger partial charge in [-0.2, -0.15) is 10.4 Å². The zero-order chi connectivity index (χ0) is 24.5. The first-order valence-electron chi connectivity index (χ1n) is 10.5. The molecule has 0 aliphatic heterocycles. The molecule has 0 bridgehead atoms. The monoisotopic (exact) mass is 483 g/mol. The van der Waals surface area contributed by atoms with E-state index in [1.54, 1.807) is 36.6 Å². The average Bonchev–Trinajstić information content (AvgIpc) is 3.50. The second-order valence-electron chi connectivity index (χ2n) is 7.86. The van der Waals surface area contributed by atoms with E-state index in [0.29, 0.717) is 40.6 Å². The molecule has 0 aliphatic carbocycles. The van der Waals surface area contributed by atoms with Crippen LogP contribution < -0.4 is 0 Å². The van der Waals surface area contributed by atoms with E-state index in [-0.39, 0.29) is 6.54 Å². The van der Waals surface area contributed by atoms with Gasteiger partial charge in [0.25, 0.3) is 0 Å². The van der Waals surface area contributed by atoms with Crippen molar-refractivity contribution in [3.63, 3.8) is 0 Å². The molecule has 2 heterocycles. The van der Waals surface area contributed by atoms with Gasteiger partial charge in [0.1, 0.15) is 23.6 Å². The van der Waals surface area contributed by atoms with Crippen LogP contribution in [0.4, 0.5) is 13.2 Å². The van der Waals surface area contributed by atoms with Crippen molar-refractivity contribution in [2.45, 2.75) is 38.3 Å². The lowest BCUT2D eigenvalue weighted by Gasteiger charge is -2.33. The van der Waals surface area contributed by atoms with Gasteiger partial charge in [0.05, 0.1) is 28.9 Å². The van der Waals surface area contributed by atoms with Crippen LogP contribution in [0.5, 0.6) is 0 Å². The van der Waals surface area contributed by atoms with Crippen molar-refractivity contribution >= 4 is 11.3 Å². The number of nitrogens with zero attached hydrogens (tertiary/aromatic N) is 5. The molecule has 6 nitrogen and oxygen atoms in total. The Bertz CT molecular complexity index is 1360. The zero-order valence-electron chi connectivity index (χ0n) is 18.3. The Morgan fingerprint density at radius 1 is 1.15 bits per heavy atom. The van der Waals surface area contributed by atoms with Crippen molar-refractivity contribution in [1.29, 1.82) is 5.26 Å². The van der Waals surface area contributed by atoms with Crippen LogP contribution in [0.1, 0.15) is 41.7 Å². The topological polar surface area (TPSA) is 87.6 Å². The van der Waals surface area contributed by atoms with E-state index < -0.39 is 34.5 Å². The summed E-state index contributed by atoms with van der Waals surface area (Å²) in [5.74, 6) is -3.99. The van der Waals surface area contributed by atoms with Crippen LogP contribution in [0.2, 0.25) is 0 Å². The van der Waals surface area contributed by atoms with Crippen molar-refractivity contribution in [2.75, 3.05) is 0 Å². The molecule has 4 rings (SSSR count). The first kappa shape index (κ1) is 23.6. The molecule has 0 saturated carbocycles. The normalized spacial score (nSPS) is 13.9. The van der Waals surface area contributed by atoms with Crippen LogP contribution in [0, 0.1) is 28.8 Å². The molecule has 174 valence electrons. The molecule has 2 aromatic carbocycles. The van der Waals surface area contributed by atoms with E-state index in [2.05, 4.69) is 21.1 Å². The summed E-state index contributed by atoms with van der Waals surface area (Å²) in [5, 5.41) is 27.3. The fraction of sp³-hybridized carbons (Fsp3) is 0.250. The lowest BCUT2D eigenvalue weighted by atomic mass is 9.82. The van der Waals surface area contributed by atoms with Gasteiger partial charge in [-0.3, -0.25) is 0 Å². The highest BCUT2D eigenvalue weighted by Gasteiger charge is 2.42. The molecule has 0 aliphatic rings. The number of hydrogen-bond donors (Lipinski definition) is 1. The van der Waals surface area contributed by atoms with Gasteiger partial charge in [-0.25, -0.2) is 27.8 Å². The van der Waals surface area contributed by atoms with Gasteiger partial charge in [-0.05, 0) is 18.2 Å². The summed E-state index contributed by atoms with van der Waals surface area (Å²) >= 11 is 1.25. The highest BCUT2D eigenvalue weighted by atomic mass is 32.1. The number of hydrogen-bond acceptors (Lipinski definition) is 6. The van der Waals surface area contributed by atoms with E-state index in [1.165, 1.54) is 22.3 Å². The largest absolute Gasteiger partial charge is 0.382 e. The molecular formula is C24H20F3N5OS. The molecule has 0 fully saturated rings. The van der Waals surface area contributed by atoms with Crippen molar-refractivity contribution in [1.82, 2.24) is 19.7 Å². The van der Waals surface area contributed by atoms with Crippen molar-refractivity contribution in [2.24, 2.45) is 0 Å². The summed E-state index contributed by atoms with van der Waals surface area (Å²) in [6, 6.07) is 9.99. The van der Waals surface area contributed by atoms with E-state index in [9.17, 15) is 18.3 Å². The standard InChI is InChI=1S/C24H20F3N5OS/c1-3-22-29-13-32(31-22)12-24(33,17-8-19(26)20(27)9-18(17)25)14(2)23-30-21(11-34-23)16-6-4-15(10-28)5-7-16/h4-9,11,13-14,33H,3,12H2,1-2H3/t14-,24+/m0/s1. The fourth-order valence-corrected chi connectivity index (χ4v) is 4.64. The molecular weight excluding hydrogens is 463 g/mol. The molecule has 0 unspecified atom stereocenters. The van der Waals surface area contributed by atoms with E-state index in [4.69, 9.17) is 5.26 Å². The Labute approximate surface area is 198 Å². The highest BCUT2D eigenvalue weighted by molar-refractivity contribution is 7.10. The van der Waals surface area contributed by atoms with Crippen LogP contribution in [-0.4, -0.2) is 24.9 Å². The Hall–Kier alpha value is -3.55. The summed E-state index contributed by atoms with van der Waals surface area (Å²) in [7, 11) is 0. The summed E-state index contributed by atoms with van der Waals surface area (Å²) in [5.41, 5.74) is -0.534. The number of aliphatic hydroxyl groups is 1. The predicted molar refractivity (Wildman–Crippen MR) is 120 cm³/mol. The first-order chi connectivity index (χ1) is 16.2. The lowest BCUT2D eigenvalue weighted by Crippen LogP contribution is -2.38. The maximum atomic E-state index is 14.9. The van der Waals surface area contributed by atoms with Crippen molar-refractivity contribution in [3.8, 4) is 17.3 Å². The fourth-order valence-electron chi connectivity index (χ4n) is 3.67. The molecule has 0 spiro atoms. The van der Waals surface area contributed by atoms with E-state index in [0.717, 1.165) is 5.56 Å². The minimum absolute atomic E-state index is 0.255. The van der Waals surface area contributed by atoms with Gasteiger partial charge in [0.2, 0.25) is 0 Å². The van der Waals surface area contributed by atoms with Crippen LogP contribution in [0.3, 0.4) is 0 Å². The van der Waals surface area contributed by atoms with Crippen LogP contribution in [-0.2, 0) is 18.6 Å². The second kappa shape index (κ2) is 9.37. The van der Waals surface area contributed by atoms with Crippen molar-refractivity contribution in [3.05, 3.63) is 87.5 Å². The molecule has 0 amide bonds. The van der Waals surface area contributed by atoms with Gasteiger partial charge in [0.15, 0.2) is 11.6 Å². The molecule has 10 heteroatoms. The smallest absolute Gasteiger partial charge is 0.161 e. The number of aromatic nitrogens is 4. The predicted octanol–water partition coefficient (Wildman–Crippen LogP) is 4.94. The van der Waals surface area contributed by atoms with Gasteiger partial charge >= 0.3 is 0 Å². The average molecular weight is 484 g/mol. The molecule has 0 saturated heterocycles. The Morgan fingerprint density at radius 3 is 2.50 bits per heavy atom. The van der Waals surface area contributed by atoms with Crippen LogP contribution >= 0.6 is 11.3 Å². The molecule has 2 aromatic heterocycles. The van der Waals surface area contributed by atoms with E-state index in [1.807, 2.05) is 6.92 Å². The Kier molecular flexibility index (Phi) is 6.50. The van der Waals surface area contributed by atoms with Gasteiger partial charge < -0.3 is 5.11 Å². The third kappa shape index (κ3) is 4.44. The summed E-state index contributed by atoms with van der Waals surface area (Å²) in [6.07, 6.45) is 1.96. The third-order valence-corrected chi connectivity index (χ3v) is 6.73. The van der Waals surface area contributed by atoms with Gasteiger partial charge in [-0.15, -0.1) is 11.3 Å².